The molecule has 1 aliphatic rings. The molecule has 1 aromatic carbocycles. The number of likely N-dealkylation sites (tertiary alicyclic amines) is 1. The lowest BCUT2D eigenvalue weighted by Crippen LogP contribution is -2.40. The van der Waals surface area contributed by atoms with E-state index in [1.165, 1.54) is 5.56 Å². The summed E-state index contributed by atoms with van der Waals surface area (Å²) < 4.78 is 10.4. The number of para-hydroxylation sites is 1. The normalized spacial score (nSPS) is 15.7. The fourth-order valence-corrected chi connectivity index (χ4v) is 3.75. The maximum absolute atomic E-state index is 12.2. The van der Waals surface area contributed by atoms with Crippen LogP contribution in [-0.4, -0.2) is 56.2 Å². The summed E-state index contributed by atoms with van der Waals surface area (Å²) in [6.45, 7) is 2.46. The molecule has 0 spiro atoms. The van der Waals surface area contributed by atoms with Gasteiger partial charge in [-0.25, -0.2) is 0 Å². The van der Waals surface area contributed by atoms with Gasteiger partial charge in [0.15, 0.2) is 0 Å². The number of hydrogen-bond donors (Lipinski definition) is 0. The molecule has 23 heavy (non-hydrogen) atoms. The predicted octanol–water partition coefficient (Wildman–Crippen LogP) is 2.86. The molecule has 0 aromatic heterocycles. The van der Waals surface area contributed by atoms with Crippen LogP contribution in [0.2, 0.25) is 0 Å². The predicted molar refractivity (Wildman–Crippen MR) is 95.2 cm³/mol. The van der Waals surface area contributed by atoms with E-state index in [2.05, 4.69) is 12.1 Å². The monoisotopic (exact) mass is 337 g/mol. The number of ether oxygens (including phenoxy) is 2. The van der Waals surface area contributed by atoms with E-state index in [4.69, 9.17) is 9.47 Å². The molecule has 0 unspecified atom stereocenters. The molecule has 1 aliphatic heterocycles. The highest BCUT2D eigenvalue weighted by molar-refractivity contribution is 7.99. The van der Waals surface area contributed by atoms with Crippen LogP contribution in [0.15, 0.2) is 24.3 Å². The maximum atomic E-state index is 12.2. The fourth-order valence-electron chi connectivity index (χ4n) is 2.96. The largest absolute Gasteiger partial charge is 0.496 e. The van der Waals surface area contributed by atoms with Crippen LogP contribution in [0.25, 0.3) is 0 Å². The third kappa shape index (κ3) is 5.74. The smallest absolute Gasteiger partial charge is 0.232 e. The Bertz CT molecular complexity index is 487. The van der Waals surface area contributed by atoms with E-state index in [-0.39, 0.29) is 5.91 Å². The van der Waals surface area contributed by atoms with Crippen molar-refractivity contribution in [2.24, 2.45) is 5.92 Å². The SMILES string of the molecule is COCCSCC(=O)N1CCC(Cc2ccccc2OC)CC1. The van der Waals surface area contributed by atoms with Gasteiger partial charge in [0, 0.05) is 26.0 Å². The van der Waals surface area contributed by atoms with Crippen molar-refractivity contribution in [2.75, 3.05) is 45.4 Å². The van der Waals surface area contributed by atoms with E-state index in [9.17, 15) is 4.79 Å². The molecule has 0 radical (unpaired) electrons. The van der Waals surface area contributed by atoms with Crippen molar-refractivity contribution < 1.29 is 14.3 Å². The van der Waals surface area contributed by atoms with E-state index in [0.717, 1.165) is 43.9 Å². The lowest BCUT2D eigenvalue weighted by molar-refractivity contribution is -0.129. The molecule has 0 aliphatic carbocycles. The Morgan fingerprint density at radius 1 is 1.26 bits per heavy atom. The summed E-state index contributed by atoms with van der Waals surface area (Å²) in [5, 5.41) is 0. The number of hydrogen-bond acceptors (Lipinski definition) is 4. The molecule has 0 atom stereocenters. The van der Waals surface area contributed by atoms with Crippen molar-refractivity contribution in [3.8, 4) is 5.75 Å². The van der Waals surface area contributed by atoms with E-state index in [0.29, 0.717) is 18.3 Å². The molecule has 5 heteroatoms. The van der Waals surface area contributed by atoms with Crippen LogP contribution in [0.3, 0.4) is 0 Å². The number of piperidine rings is 1. The molecule has 1 saturated heterocycles. The van der Waals surface area contributed by atoms with Crippen LogP contribution in [0.5, 0.6) is 5.75 Å². The Morgan fingerprint density at radius 2 is 2.00 bits per heavy atom. The summed E-state index contributed by atoms with van der Waals surface area (Å²) in [6.07, 6.45) is 3.19. The highest BCUT2D eigenvalue weighted by Crippen LogP contribution is 2.26. The van der Waals surface area contributed by atoms with Crippen molar-refractivity contribution >= 4 is 17.7 Å². The van der Waals surface area contributed by atoms with Gasteiger partial charge in [0.25, 0.3) is 0 Å². The van der Waals surface area contributed by atoms with E-state index in [1.807, 2.05) is 17.0 Å². The molecule has 2 rings (SSSR count). The molecule has 1 fully saturated rings. The van der Waals surface area contributed by atoms with Gasteiger partial charge in [-0.1, -0.05) is 18.2 Å². The van der Waals surface area contributed by atoms with Gasteiger partial charge < -0.3 is 14.4 Å². The lowest BCUT2D eigenvalue weighted by atomic mass is 9.90. The second-order valence-electron chi connectivity index (χ2n) is 5.89. The quantitative estimate of drug-likeness (QED) is 0.684. The van der Waals surface area contributed by atoms with Crippen molar-refractivity contribution in [2.45, 2.75) is 19.3 Å². The standard InChI is InChI=1S/C18H27NO3S/c1-21-11-12-23-14-18(20)19-9-7-15(8-10-19)13-16-5-3-4-6-17(16)22-2/h3-6,15H,7-14H2,1-2H3. The Hall–Kier alpha value is -1.20. The van der Waals surface area contributed by atoms with Crippen molar-refractivity contribution in [3.05, 3.63) is 29.8 Å². The second kappa shape index (κ2) is 9.83. The van der Waals surface area contributed by atoms with Crippen LogP contribution in [0.1, 0.15) is 18.4 Å². The van der Waals surface area contributed by atoms with Crippen molar-refractivity contribution in [1.82, 2.24) is 4.90 Å². The molecule has 1 heterocycles. The van der Waals surface area contributed by atoms with E-state index >= 15 is 0 Å². The van der Waals surface area contributed by atoms with Crippen molar-refractivity contribution in [3.63, 3.8) is 0 Å². The lowest BCUT2D eigenvalue weighted by Gasteiger charge is -2.32. The topological polar surface area (TPSA) is 38.8 Å². The molecule has 1 aromatic rings. The van der Waals surface area contributed by atoms with Gasteiger partial charge >= 0.3 is 0 Å². The second-order valence-corrected chi connectivity index (χ2v) is 6.99. The third-order valence-electron chi connectivity index (χ3n) is 4.33. The molecule has 0 N–H and O–H groups in total. The maximum Gasteiger partial charge on any atom is 0.232 e. The number of methoxy groups -OCH3 is 2. The molecule has 0 bridgehead atoms. The third-order valence-corrected chi connectivity index (χ3v) is 5.23. The van der Waals surface area contributed by atoms with Gasteiger partial charge in [0.05, 0.1) is 19.5 Å². The first-order valence-electron chi connectivity index (χ1n) is 8.21. The number of nitrogens with zero attached hydrogens (tertiary/aromatic N) is 1. The summed E-state index contributed by atoms with van der Waals surface area (Å²) in [5.41, 5.74) is 1.27. The molecule has 128 valence electrons. The zero-order chi connectivity index (χ0) is 16.5. The number of carbonyl (C=O) groups is 1. The van der Waals surface area contributed by atoms with E-state index < -0.39 is 0 Å². The first kappa shape index (κ1) is 18.1. The van der Waals surface area contributed by atoms with Gasteiger partial charge in [0.1, 0.15) is 5.75 Å². The molecular weight excluding hydrogens is 310 g/mol. The van der Waals surface area contributed by atoms with Crippen LogP contribution in [0.4, 0.5) is 0 Å². The number of thioether (sulfide) groups is 1. The van der Waals surface area contributed by atoms with Gasteiger partial charge in [-0.05, 0) is 36.8 Å². The van der Waals surface area contributed by atoms with E-state index in [1.54, 1.807) is 26.0 Å². The molecule has 1 amide bonds. The minimum absolute atomic E-state index is 0.266. The minimum atomic E-state index is 0.266. The number of carbonyl (C=O) groups excluding carboxylic acids is 1. The molecule has 4 nitrogen and oxygen atoms in total. The number of amides is 1. The Morgan fingerprint density at radius 3 is 2.70 bits per heavy atom. The van der Waals surface area contributed by atoms with Crippen LogP contribution >= 0.6 is 11.8 Å². The molecular formula is C18H27NO3S. The Kier molecular flexibility index (Phi) is 7.76. The van der Waals surface area contributed by atoms with Gasteiger partial charge in [-0.2, -0.15) is 0 Å². The first-order valence-corrected chi connectivity index (χ1v) is 9.36. The highest BCUT2D eigenvalue weighted by atomic mass is 32.2. The average molecular weight is 337 g/mol. The fraction of sp³-hybridized carbons (Fsp3) is 0.611. The summed E-state index contributed by atoms with van der Waals surface area (Å²) in [5.74, 6) is 3.33. The summed E-state index contributed by atoms with van der Waals surface area (Å²) in [7, 11) is 3.41. The van der Waals surface area contributed by atoms with Crippen LogP contribution < -0.4 is 4.74 Å². The Labute approximate surface area is 143 Å². The zero-order valence-corrected chi connectivity index (χ0v) is 14.9. The van der Waals surface area contributed by atoms with Gasteiger partial charge in [-0.3, -0.25) is 4.79 Å². The summed E-state index contributed by atoms with van der Waals surface area (Å²) >= 11 is 1.66. The highest BCUT2D eigenvalue weighted by Gasteiger charge is 2.23. The first-order chi connectivity index (χ1) is 11.2. The number of rotatable bonds is 8. The average Bonchev–Trinajstić information content (AvgIpc) is 2.59. The Balaban J connectivity index is 1.74. The number of benzene rings is 1. The van der Waals surface area contributed by atoms with Crippen LogP contribution in [-0.2, 0) is 16.0 Å². The van der Waals surface area contributed by atoms with Crippen molar-refractivity contribution in [1.29, 1.82) is 0 Å². The summed E-state index contributed by atoms with van der Waals surface area (Å²) in [4.78, 5) is 14.2. The van der Waals surface area contributed by atoms with Crippen LogP contribution in [0, 0.1) is 5.92 Å². The van der Waals surface area contributed by atoms with Gasteiger partial charge in [-0.15, -0.1) is 11.8 Å². The minimum Gasteiger partial charge on any atom is -0.496 e. The van der Waals surface area contributed by atoms with Gasteiger partial charge in [0.2, 0.25) is 5.91 Å². The summed E-state index contributed by atoms with van der Waals surface area (Å²) in [6, 6.07) is 8.23. The zero-order valence-electron chi connectivity index (χ0n) is 14.1. The molecule has 0 saturated carbocycles.